The summed E-state index contributed by atoms with van der Waals surface area (Å²) in [6.45, 7) is 0. The highest BCUT2D eigenvalue weighted by molar-refractivity contribution is 5.92. The summed E-state index contributed by atoms with van der Waals surface area (Å²) in [6, 6.07) is 0. The highest BCUT2D eigenvalue weighted by atomic mass is 19.1. The van der Waals surface area contributed by atoms with Crippen molar-refractivity contribution in [2.45, 2.75) is 0 Å². The molecule has 0 bridgehead atoms. The Morgan fingerprint density at radius 2 is 2.57 bits per heavy atom. The zero-order valence-corrected chi connectivity index (χ0v) is 3.50. The van der Waals surface area contributed by atoms with Crippen LogP contribution in [0.3, 0.4) is 0 Å². The van der Waals surface area contributed by atoms with E-state index in [0.29, 0.717) is 0 Å². The maximum absolute atomic E-state index is 11.7. The first-order chi connectivity index (χ1) is 3.39. The second-order valence-corrected chi connectivity index (χ2v) is 1.05. The van der Waals surface area contributed by atoms with Gasteiger partial charge in [-0.1, -0.05) is 0 Å². The smallest absolute Gasteiger partial charge is 0.178 e. The summed E-state index contributed by atoms with van der Waals surface area (Å²) >= 11 is 0. The van der Waals surface area contributed by atoms with Gasteiger partial charge in [-0.2, -0.15) is 4.39 Å². The van der Waals surface area contributed by atoms with E-state index >= 15 is 0 Å². The van der Waals surface area contributed by atoms with Gasteiger partial charge in [0.1, 0.15) is 5.10 Å². The van der Waals surface area contributed by atoms with Gasteiger partial charge in [0.25, 0.3) is 12.2 Å². The number of nitrogens with zero attached hydrogens (tertiary/aromatic N) is 2. The second-order valence-electron chi connectivity index (χ2n) is 1.05. The van der Waals surface area contributed by atoms with Crippen LogP contribution in [0.25, 0.3) is 0 Å². The fourth-order valence-electron chi connectivity index (χ4n) is 0.283. The predicted octanol–water partition coefficient (Wildman–Crippen LogP) is 0.246. The fraction of sp³-hybridized carbons (Fsp3) is 0. The lowest BCUT2D eigenvalue weighted by Crippen LogP contribution is -1.92. The first-order valence-electron chi connectivity index (χ1n) is 1.83. The molecule has 1 heterocycles. The Bertz CT molecular complexity index is 146. The molecule has 1 radical (unpaired) electrons. The van der Waals surface area contributed by atoms with Gasteiger partial charge in [0.05, 0.1) is 0 Å². The van der Waals surface area contributed by atoms with Crippen molar-refractivity contribution >= 4 is 12.2 Å². The molecule has 1 rings (SSSR count). The van der Waals surface area contributed by atoms with E-state index in [1.807, 2.05) is 0 Å². The molecule has 0 fully saturated rings. The highest BCUT2D eigenvalue weighted by Gasteiger charge is 1.98. The highest BCUT2D eigenvalue weighted by Crippen LogP contribution is 1.82. The van der Waals surface area contributed by atoms with Crippen LogP contribution in [0.2, 0.25) is 0 Å². The summed E-state index contributed by atoms with van der Waals surface area (Å²) in [5.74, 6) is -0.539. The average molecular weight is 98.1 g/mol. The lowest BCUT2D eigenvalue weighted by atomic mass is 10.5. The molecule has 7 heavy (non-hydrogen) atoms. The lowest BCUT2D eigenvalue weighted by molar-refractivity contribution is 0.793. The minimum Gasteiger partial charge on any atom is -0.178 e. The molecule has 0 amide bonds. The normalized spacial score (nSPS) is 17.0. The third-order valence-electron chi connectivity index (χ3n) is 0.540. The van der Waals surface area contributed by atoms with Crippen LogP contribution in [0.15, 0.2) is 17.3 Å². The van der Waals surface area contributed by atoms with Crippen molar-refractivity contribution < 1.29 is 4.39 Å². The number of hydrogen-bond donors (Lipinski definition) is 0. The third kappa shape index (κ3) is 0.924. The Morgan fingerprint density at radius 3 is 2.86 bits per heavy atom. The predicted molar refractivity (Wildman–Crippen MR) is 25.9 cm³/mol. The third-order valence-corrected chi connectivity index (χ3v) is 0.540. The van der Waals surface area contributed by atoms with Gasteiger partial charge >= 0.3 is 0 Å². The Labute approximate surface area is 40.1 Å². The summed E-state index contributed by atoms with van der Waals surface area (Å²) < 4.78 is 11.7. The van der Waals surface area contributed by atoms with E-state index in [4.69, 9.17) is 0 Å². The molecule has 0 spiro atoms. The van der Waals surface area contributed by atoms with Crippen LogP contribution in [0, 0.1) is 0 Å². The molecule has 0 saturated carbocycles. The molecule has 2 nitrogen and oxygen atoms in total. The van der Waals surface area contributed by atoms with Crippen molar-refractivity contribution in [2.75, 3.05) is 0 Å². The van der Waals surface area contributed by atoms with E-state index in [2.05, 4.69) is 10.2 Å². The van der Waals surface area contributed by atoms with Gasteiger partial charge in [0, 0.05) is 12.2 Å². The molecule has 0 aromatic heterocycles. The number of halogens is 1. The fourth-order valence-corrected chi connectivity index (χ4v) is 0.283. The van der Waals surface area contributed by atoms with Gasteiger partial charge in [-0.3, -0.25) is 0 Å². The van der Waals surface area contributed by atoms with Crippen molar-refractivity contribution in [3.05, 3.63) is 12.2 Å². The average Bonchev–Trinajstić information content (AvgIpc) is 1.69. The summed E-state index contributed by atoms with van der Waals surface area (Å²) in [6.07, 6.45) is 4.15. The summed E-state index contributed by atoms with van der Waals surface area (Å²) in [4.78, 5) is 0. The van der Waals surface area contributed by atoms with E-state index < -0.39 is 5.97 Å². The van der Waals surface area contributed by atoms with Gasteiger partial charge in [-0.05, 0) is 0 Å². The summed E-state index contributed by atoms with van der Waals surface area (Å²) in [5, 5.41) is 6.32. The molecule has 0 saturated heterocycles. The lowest BCUT2D eigenvalue weighted by Gasteiger charge is -1.71. The van der Waals surface area contributed by atoms with Gasteiger partial charge in [-0.15, -0.1) is 0 Å². The van der Waals surface area contributed by atoms with Crippen molar-refractivity contribution in [3.63, 3.8) is 0 Å². The van der Waals surface area contributed by atoms with Gasteiger partial charge in [-0.25, -0.2) is 0 Å². The number of rotatable bonds is 0. The monoisotopic (exact) mass is 98.0 g/mol. The quantitative estimate of drug-likeness (QED) is 0.415. The van der Waals surface area contributed by atoms with E-state index in [0.717, 1.165) is 0 Å². The molecule has 0 unspecified atom stereocenters. The molecule has 1 aliphatic rings. The Kier molecular flexibility index (Phi) is 0.978. The molecule has 35 valence electrons. The van der Waals surface area contributed by atoms with E-state index in [9.17, 15) is 4.39 Å². The van der Waals surface area contributed by atoms with Gasteiger partial charge in [0.15, 0.2) is 0 Å². The van der Waals surface area contributed by atoms with E-state index in [1.54, 1.807) is 0 Å². The van der Waals surface area contributed by atoms with Crippen LogP contribution in [-0.2, 0) is 0 Å². The zero-order chi connectivity index (χ0) is 5.11. The first kappa shape index (κ1) is 4.18. The van der Waals surface area contributed by atoms with Crippen LogP contribution in [-0.4, -0.2) is 12.2 Å². The van der Waals surface area contributed by atoms with E-state index in [-0.39, 0.29) is 0 Å². The molecule has 0 aromatic rings. The van der Waals surface area contributed by atoms with Crippen molar-refractivity contribution in [3.8, 4) is 0 Å². The van der Waals surface area contributed by atoms with Crippen molar-refractivity contribution in [2.24, 2.45) is 5.10 Å². The Morgan fingerprint density at radius 1 is 1.71 bits per heavy atom. The Balaban J connectivity index is 2.82. The molecule has 0 N–H and O–H groups in total. The number of hydrogen-bond acceptors (Lipinski definition) is 2. The van der Waals surface area contributed by atoms with Crippen molar-refractivity contribution in [1.29, 1.82) is 0 Å². The summed E-state index contributed by atoms with van der Waals surface area (Å²) in [7, 11) is 0. The van der Waals surface area contributed by atoms with E-state index in [1.165, 1.54) is 18.4 Å². The standard InChI is InChI=1S/C4H3FN2/c5-4-2-1-3-6-7-4/h1-3H/q+1. The molecule has 0 atom stereocenters. The maximum atomic E-state index is 11.7. The largest absolute Gasteiger partial charge is 0.285 e. The first-order valence-corrected chi connectivity index (χ1v) is 1.83. The van der Waals surface area contributed by atoms with Crippen LogP contribution in [0.1, 0.15) is 0 Å². The second kappa shape index (κ2) is 1.64. The topological polar surface area (TPSA) is 26.5 Å². The van der Waals surface area contributed by atoms with Gasteiger partial charge in [0.2, 0.25) is 5.10 Å². The maximum Gasteiger partial charge on any atom is 0.285 e. The molecular formula is C4H3FN2+. The number of allylic oxidation sites excluding steroid dienone is 2. The molecule has 1 aliphatic heterocycles. The molecule has 0 aromatic carbocycles. The molecule has 3 heteroatoms. The van der Waals surface area contributed by atoms with Crippen LogP contribution >= 0.6 is 0 Å². The molecule has 0 aliphatic carbocycles. The summed E-state index contributed by atoms with van der Waals surface area (Å²) in [5.41, 5.74) is 0. The SMILES string of the molecule is FC1=N[N+]=CC=C1. The molecular weight excluding hydrogens is 95.1 g/mol. The minimum atomic E-state index is -0.539. The van der Waals surface area contributed by atoms with Crippen molar-refractivity contribution in [1.82, 2.24) is 5.10 Å². The van der Waals surface area contributed by atoms with Crippen LogP contribution < -0.4 is 5.10 Å². The van der Waals surface area contributed by atoms with Crippen LogP contribution in [0.4, 0.5) is 4.39 Å². The Hall–Kier alpha value is -0.990. The minimum absolute atomic E-state index is 0.539. The van der Waals surface area contributed by atoms with Crippen LogP contribution in [0.5, 0.6) is 0 Å². The van der Waals surface area contributed by atoms with Gasteiger partial charge < -0.3 is 0 Å². The zero-order valence-electron chi connectivity index (χ0n) is 3.50.